The molecule has 73 heavy (non-hydrogen) atoms. The number of likely N-dealkylation sites (tertiary alicyclic amines) is 1. The Balaban J connectivity index is 0.806. The van der Waals surface area contributed by atoms with E-state index in [9.17, 15) is 24.3 Å². The average Bonchev–Trinajstić information content (AvgIpc) is 4.19. The molecule has 1 aliphatic rings. The van der Waals surface area contributed by atoms with Crippen LogP contribution in [0.2, 0.25) is 0 Å². The Morgan fingerprint density at radius 2 is 1.70 bits per heavy atom. The zero-order valence-electron chi connectivity index (χ0n) is 43.0. The van der Waals surface area contributed by atoms with Gasteiger partial charge in [-0.1, -0.05) is 51.0 Å². The minimum Gasteiger partial charge on any atom is -0.490 e. The van der Waals surface area contributed by atoms with Crippen molar-refractivity contribution in [2.24, 2.45) is 5.41 Å². The van der Waals surface area contributed by atoms with Crippen molar-refractivity contribution < 1.29 is 43.1 Å². The Morgan fingerprint density at radius 1 is 0.945 bits per heavy atom. The molecule has 394 valence electrons. The van der Waals surface area contributed by atoms with E-state index >= 15 is 0 Å². The van der Waals surface area contributed by atoms with E-state index in [2.05, 4.69) is 53.4 Å². The Morgan fingerprint density at radius 3 is 2.38 bits per heavy atom. The Labute approximate surface area is 430 Å². The molecule has 4 aromatic heterocycles. The number of carbonyl (C=O) groups excluding carboxylic acids is 4. The molecular formula is C51H70N12O9S. The minimum absolute atomic E-state index is 0.0512. The van der Waals surface area contributed by atoms with E-state index in [0.29, 0.717) is 113 Å². The molecule has 0 bridgehead atoms. The van der Waals surface area contributed by atoms with E-state index in [4.69, 9.17) is 29.6 Å². The van der Waals surface area contributed by atoms with Crippen LogP contribution >= 0.6 is 11.3 Å². The number of nitrogens with zero attached hydrogens (tertiary/aromatic N) is 7. The number of anilines is 1. The molecule has 6 rings (SSSR count). The third kappa shape index (κ3) is 16.0. The van der Waals surface area contributed by atoms with Gasteiger partial charge in [-0.25, -0.2) is 19.6 Å². The summed E-state index contributed by atoms with van der Waals surface area (Å²) in [4.78, 5) is 69.0. The summed E-state index contributed by atoms with van der Waals surface area (Å²) >= 11 is 1.59. The van der Waals surface area contributed by atoms with Crippen LogP contribution in [-0.2, 0) is 41.7 Å². The predicted octanol–water partition coefficient (Wildman–Crippen LogP) is 4.15. The summed E-state index contributed by atoms with van der Waals surface area (Å²) in [6.07, 6.45) is 4.58. The third-order valence-electron chi connectivity index (χ3n) is 11.9. The lowest BCUT2D eigenvalue weighted by Crippen LogP contribution is -2.57. The first kappa shape index (κ1) is 55.8. The summed E-state index contributed by atoms with van der Waals surface area (Å²) in [6, 6.07) is 6.57. The number of carbonyl (C=O) groups is 4. The maximum absolute atomic E-state index is 13.9. The first-order valence-corrected chi connectivity index (χ1v) is 25.7. The van der Waals surface area contributed by atoms with Crippen molar-refractivity contribution in [3.63, 3.8) is 0 Å². The zero-order valence-corrected chi connectivity index (χ0v) is 43.8. The van der Waals surface area contributed by atoms with Crippen LogP contribution in [0.4, 0.5) is 5.82 Å². The Bertz CT molecular complexity index is 2700. The highest BCUT2D eigenvalue weighted by Gasteiger charge is 2.42. The molecule has 4 amide bonds. The van der Waals surface area contributed by atoms with Gasteiger partial charge in [-0.3, -0.25) is 19.2 Å². The van der Waals surface area contributed by atoms with Crippen LogP contribution in [0, 0.1) is 24.2 Å². The Kier molecular flexibility index (Phi) is 20.2. The number of nitrogens with two attached hydrogens (primary N) is 1. The summed E-state index contributed by atoms with van der Waals surface area (Å²) in [5, 5.41) is 29.9. The molecule has 22 heteroatoms. The second-order valence-electron chi connectivity index (χ2n) is 19.3. The number of aryl methyl sites for hydroxylation is 2. The first-order chi connectivity index (χ1) is 34.9. The lowest BCUT2D eigenvalue weighted by molar-refractivity contribution is -0.144. The smallest absolute Gasteiger partial charge is 0.246 e. The number of aromatic nitrogens is 6. The molecule has 1 aliphatic heterocycles. The number of pyridine rings is 1. The first-order valence-electron chi connectivity index (χ1n) is 24.8. The second kappa shape index (κ2) is 26.4. The fourth-order valence-electron chi connectivity index (χ4n) is 8.09. The van der Waals surface area contributed by atoms with E-state index in [1.165, 1.54) is 0 Å². The van der Waals surface area contributed by atoms with Gasteiger partial charge in [0, 0.05) is 39.0 Å². The standard InChI is InChI=1S/C51H70N12O9S/c1-8-62-43-38(31-55-36(18-20-51(6,7)68)41(43)59-47(62)42-46(52)61-72-60-42)71-25-11-22-53-21-9-13-39(64)54-23-27-70-29-28-69-26-19-40(65)58-45(50(3,4)5)49(67)63-24-10-12-37(63)48(66)56-30-34-14-16-35(17-15-34)44-33(2)57-32-73-44/h14-17,31-32,37,45,53,68H,8-13,19,21-30H2,1-7H3,(H2,52,61)(H,54,64)(H,56,66)(H,58,65)/t37-,45?/m0/s1. The van der Waals surface area contributed by atoms with Crippen molar-refractivity contribution >= 4 is 51.8 Å². The van der Waals surface area contributed by atoms with Crippen LogP contribution in [0.15, 0.2) is 40.6 Å². The van der Waals surface area contributed by atoms with Gasteiger partial charge >= 0.3 is 0 Å². The van der Waals surface area contributed by atoms with Gasteiger partial charge in [0.05, 0.1) is 55.3 Å². The highest BCUT2D eigenvalue weighted by molar-refractivity contribution is 7.13. The van der Waals surface area contributed by atoms with Crippen molar-refractivity contribution in [2.75, 3.05) is 64.9 Å². The average molecular weight is 1030 g/mol. The highest BCUT2D eigenvalue weighted by atomic mass is 32.1. The summed E-state index contributed by atoms with van der Waals surface area (Å²) in [7, 11) is 0. The van der Waals surface area contributed by atoms with Crippen molar-refractivity contribution in [2.45, 2.75) is 118 Å². The van der Waals surface area contributed by atoms with E-state index < -0.39 is 23.1 Å². The molecule has 5 aromatic rings. The van der Waals surface area contributed by atoms with E-state index in [0.717, 1.165) is 21.7 Å². The number of imidazole rings is 1. The number of hydrogen-bond acceptors (Lipinski definition) is 17. The van der Waals surface area contributed by atoms with Crippen LogP contribution in [0.5, 0.6) is 5.75 Å². The lowest BCUT2D eigenvalue weighted by atomic mass is 9.85. The number of hydrogen-bond donors (Lipinski definition) is 6. The molecule has 0 spiro atoms. The van der Waals surface area contributed by atoms with Crippen LogP contribution in [-0.4, -0.2) is 140 Å². The number of amides is 4. The molecule has 21 nitrogen and oxygen atoms in total. The lowest BCUT2D eigenvalue weighted by Gasteiger charge is -2.35. The molecule has 0 saturated carbocycles. The topological polar surface area (TPSA) is 276 Å². The molecule has 1 aromatic carbocycles. The van der Waals surface area contributed by atoms with Gasteiger partial charge < -0.3 is 55.8 Å². The van der Waals surface area contributed by atoms with Gasteiger partial charge in [-0.2, -0.15) is 0 Å². The predicted molar refractivity (Wildman–Crippen MR) is 276 cm³/mol. The molecule has 2 atom stereocenters. The van der Waals surface area contributed by atoms with Crippen LogP contribution < -0.4 is 31.7 Å². The summed E-state index contributed by atoms with van der Waals surface area (Å²) < 4.78 is 24.1. The molecular weight excluding hydrogens is 957 g/mol. The number of benzene rings is 1. The fourth-order valence-corrected chi connectivity index (χ4v) is 8.90. The molecule has 0 radical (unpaired) electrons. The van der Waals surface area contributed by atoms with E-state index in [1.54, 1.807) is 36.3 Å². The van der Waals surface area contributed by atoms with Gasteiger partial charge in [-0.05, 0) is 99.2 Å². The van der Waals surface area contributed by atoms with Crippen LogP contribution in [0.3, 0.4) is 0 Å². The van der Waals surface area contributed by atoms with Crippen LogP contribution in [0.1, 0.15) is 97.0 Å². The van der Waals surface area contributed by atoms with Gasteiger partial charge in [0.1, 0.15) is 34.4 Å². The number of ether oxygens (including phenoxy) is 3. The highest BCUT2D eigenvalue weighted by Crippen LogP contribution is 2.34. The van der Waals surface area contributed by atoms with Crippen molar-refractivity contribution in [1.82, 2.24) is 56.0 Å². The second-order valence-corrected chi connectivity index (χ2v) is 20.1. The number of thiazole rings is 1. The largest absolute Gasteiger partial charge is 0.490 e. The maximum atomic E-state index is 13.9. The van der Waals surface area contributed by atoms with Gasteiger partial charge in [0.25, 0.3) is 0 Å². The number of rotatable bonds is 26. The molecule has 1 unspecified atom stereocenters. The minimum atomic E-state index is -1.23. The van der Waals surface area contributed by atoms with Crippen molar-refractivity contribution in [3.8, 4) is 39.5 Å². The normalized spacial score (nSPS) is 14.2. The third-order valence-corrected chi connectivity index (χ3v) is 12.9. The molecule has 1 saturated heterocycles. The van der Waals surface area contributed by atoms with E-state index in [-0.39, 0.29) is 61.4 Å². The zero-order chi connectivity index (χ0) is 52.5. The molecule has 7 N–H and O–H groups in total. The molecule has 0 aliphatic carbocycles. The number of nitrogens with one attached hydrogen (secondary N) is 4. The fraction of sp³-hybridized carbons (Fsp3) is 0.549. The van der Waals surface area contributed by atoms with E-state index in [1.807, 2.05) is 69.0 Å². The Hall–Kier alpha value is -6.51. The molecule has 1 fully saturated rings. The summed E-state index contributed by atoms with van der Waals surface area (Å²) in [5.74, 6) is 5.85. The number of fused-ring (bicyclic) bond motifs is 1. The monoisotopic (exact) mass is 1030 g/mol. The van der Waals surface area contributed by atoms with Crippen LogP contribution in [0.25, 0.3) is 33.0 Å². The van der Waals surface area contributed by atoms with Gasteiger partial charge in [0.15, 0.2) is 23.1 Å². The maximum Gasteiger partial charge on any atom is 0.246 e. The number of aliphatic hydroxyl groups is 1. The number of nitrogen functional groups attached to an aromatic ring is 1. The molecule has 5 heterocycles. The SMILES string of the molecule is CCn1c(-c2nonc2N)nc2c(C#CC(C)(C)O)ncc(OCCCNCCCC(=O)NCCOCCOCCC(=O)NC(C(=O)N3CCC[C@H]3C(=O)NCc3ccc(-c4scnc4C)cc3)C(C)(C)C)c21. The summed E-state index contributed by atoms with van der Waals surface area (Å²) in [5.41, 5.74) is 10.8. The quantitative estimate of drug-likeness (QED) is 0.0335. The van der Waals surface area contributed by atoms with Gasteiger partial charge in [0.2, 0.25) is 23.6 Å². The summed E-state index contributed by atoms with van der Waals surface area (Å²) in [6.45, 7) is 17.1. The van der Waals surface area contributed by atoms with Gasteiger partial charge in [-0.15, -0.1) is 11.3 Å². The van der Waals surface area contributed by atoms with Crippen molar-refractivity contribution in [1.29, 1.82) is 0 Å². The van der Waals surface area contributed by atoms with Crippen molar-refractivity contribution in [3.05, 3.63) is 52.9 Å².